The Hall–Kier alpha value is -0.410. The van der Waals surface area contributed by atoms with Crippen LogP contribution in [0.3, 0.4) is 0 Å². The van der Waals surface area contributed by atoms with E-state index in [4.69, 9.17) is 0 Å². The van der Waals surface area contributed by atoms with Gasteiger partial charge in [0, 0.05) is 23.3 Å². The molecule has 0 bridgehead atoms. The molecule has 0 radical (unpaired) electrons. The van der Waals surface area contributed by atoms with E-state index in [1.165, 1.54) is 12.8 Å². The molecule has 0 saturated carbocycles. The highest BCUT2D eigenvalue weighted by Crippen LogP contribution is 2.20. The van der Waals surface area contributed by atoms with Gasteiger partial charge in [-0.2, -0.15) is 0 Å². The van der Waals surface area contributed by atoms with Gasteiger partial charge < -0.3 is 5.11 Å². The van der Waals surface area contributed by atoms with E-state index in [1.807, 2.05) is 12.3 Å². The molecular weight excluding hydrogens is 278 g/mol. The quantitative estimate of drug-likeness (QED) is 0.826. The molecule has 1 aromatic rings. The number of hydrogen-bond donors (Lipinski definition) is 1. The van der Waals surface area contributed by atoms with Crippen LogP contribution in [0.15, 0.2) is 22.9 Å². The lowest BCUT2D eigenvalue weighted by Gasteiger charge is -2.21. The molecule has 0 aliphatic carbocycles. The van der Waals surface area contributed by atoms with Gasteiger partial charge in [-0.3, -0.25) is 4.98 Å². The van der Waals surface area contributed by atoms with Crippen molar-refractivity contribution < 1.29 is 5.11 Å². The Labute approximate surface area is 113 Å². The molecular formula is C14H22BrNO. The molecule has 0 amide bonds. The van der Waals surface area contributed by atoms with Crippen molar-refractivity contribution >= 4 is 15.9 Å². The first-order chi connectivity index (χ1) is 8.17. The fourth-order valence-electron chi connectivity index (χ4n) is 2.11. The van der Waals surface area contributed by atoms with Gasteiger partial charge in [0.25, 0.3) is 0 Å². The summed E-state index contributed by atoms with van der Waals surface area (Å²) in [6.07, 6.45) is 8.62. The molecule has 0 spiro atoms. The molecule has 1 aromatic heterocycles. The van der Waals surface area contributed by atoms with E-state index < -0.39 is 0 Å². The van der Waals surface area contributed by atoms with Crippen LogP contribution in [0.5, 0.6) is 0 Å². The maximum absolute atomic E-state index is 10.2. The molecule has 2 unspecified atom stereocenters. The maximum Gasteiger partial charge on any atom is 0.0609 e. The molecule has 17 heavy (non-hydrogen) atoms. The normalized spacial score (nSPS) is 14.6. The van der Waals surface area contributed by atoms with Crippen molar-refractivity contribution in [3.8, 4) is 0 Å². The van der Waals surface area contributed by atoms with Gasteiger partial charge in [0.15, 0.2) is 0 Å². The predicted molar refractivity (Wildman–Crippen MR) is 75.0 cm³/mol. The number of unbranched alkanes of at least 4 members (excludes halogenated alkanes) is 1. The fraction of sp³-hybridized carbons (Fsp3) is 0.643. The van der Waals surface area contributed by atoms with Gasteiger partial charge in [-0.05, 0) is 39.9 Å². The minimum Gasteiger partial charge on any atom is -0.392 e. The van der Waals surface area contributed by atoms with E-state index in [0.29, 0.717) is 12.3 Å². The first kappa shape index (κ1) is 14.7. The topological polar surface area (TPSA) is 33.1 Å². The second-order valence-corrected chi connectivity index (χ2v) is 5.51. The van der Waals surface area contributed by atoms with Crippen LogP contribution in [0.25, 0.3) is 0 Å². The summed E-state index contributed by atoms with van der Waals surface area (Å²) in [7, 11) is 0. The summed E-state index contributed by atoms with van der Waals surface area (Å²) in [6, 6.07) is 2.03. The van der Waals surface area contributed by atoms with Crippen LogP contribution < -0.4 is 0 Å². The number of halogens is 1. The van der Waals surface area contributed by atoms with Crippen molar-refractivity contribution in [2.45, 2.75) is 52.1 Å². The second kappa shape index (κ2) is 7.83. The van der Waals surface area contributed by atoms with Crippen LogP contribution in [-0.4, -0.2) is 16.2 Å². The Morgan fingerprint density at radius 3 is 2.71 bits per heavy atom. The van der Waals surface area contributed by atoms with Gasteiger partial charge in [0.05, 0.1) is 6.10 Å². The van der Waals surface area contributed by atoms with E-state index in [1.54, 1.807) is 6.20 Å². The van der Waals surface area contributed by atoms with Crippen molar-refractivity contribution in [1.29, 1.82) is 0 Å². The van der Waals surface area contributed by atoms with Crippen molar-refractivity contribution in [3.63, 3.8) is 0 Å². The zero-order valence-electron chi connectivity index (χ0n) is 10.7. The number of rotatable bonds is 7. The Balaban J connectivity index is 2.54. The molecule has 0 saturated heterocycles. The molecule has 1 rings (SSSR count). The lowest BCUT2D eigenvalue weighted by molar-refractivity contribution is 0.0986. The molecule has 1 heterocycles. The minimum absolute atomic E-state index is 0.248. The number of hydrogen-bond acceptors (Lipinski definition) is 2. The standard InChI is InChI=1S/C14H22BrNO/c1-3-5-6-12(4-2)14(17)8-11-7-13(15)10-16-9-11/h7,9-10,12,14,17H,3-6,8H2,1-2H3. The number of aliphatic hydroxyl groups excluding tert-OH is 1. The van der Waals surface area contributed by atoms with Crippen LogP contribution in [0.1, 0.15) is 45.1 Å². The molecule has 0 fully saturated rings. The number of pyridine rings is 1. The van der Waals surface area contributed by atoms with Gasteiger partial charge >= 0.3 is 0 Å². The van der Waals surface area contributed by atoms with Crippen LogP contribution in [-0.2, 0) is 6.42 Å². The Kier molecular flexibility index (Phi) is 6.75. The largest absolute Gasteiger partial charge is 0.392 e. The van der Waals surface area contributed by atoms with Crippen LogP contribution >= 0.6 is 15.9 Å². The number of aliphatic hydroxyl groups is 1. The molecule has 0 aromatic carbocycles. The molecule has 0 aliphatic rings. The van der Waals surface area contributed by atoms with Crippen molar-refractivity contribution in [1.82, 2.24) is 4.98 Å². The molecule has 3 heteroatoms. The molecule has 2 nitrogen and oxygen atoms in total. The highest BCUT2D eigenvalue weighted by molar-refractivity contribution is 9.10. The summed E-state index contributed by atoms with van der Waals surface area (Å²) >= 11 is 3.40. The number of nitrogens with zero attached hydrogens (tertiary/aromatic N) is 1. The highest BCUT2D eigenvalue weighted by atomic mass is 79.9. The van der Waals surface area contributed by atoms with Crippen molar-refractivity contribution in [3.05, 3.63) is 28.5 Å². The van der Waals surface area contributed by atoms with Crippen LogP contribution in [0.2, 0.25) is 0 Å². The summed E-state index contributed by atoms with van der Waals surface area (Å²) in [5, 5.41) is 10.2. The molecule has 1 N–H and O–H groups in total. The maximum atomic E-state index is 10.2. The third kappa shape index (κ3) is 5.17. The molecule has 2 atom stereocenters. The summed E-state index contributed by atoms with van der Waals surface area (Å²) in [5.41, 5.74) is 1.10. The van der Waals surface area contributed by atoms with Gasteiger partial charge in [-0.15, -0.1) is 0 Å². The highest BCUT2D eigenvalue weighted by Gasteiger charge is 2.17. The van der Waals surface area contributed by atoms with Gasteiger partial charge in [0.2, 0.25) is 0 Å². The first-order valence-corrected chi connectivity index (χ1v) is 7.24. The fourth-order valence-corrected chi connectivity index (χ4v) is 2.52. The van der Waals surface area contributed by atoms with Gasteiger partial charge in [-0.1, -0.05) is 33.1 Å². The third-order valence-corrected chi connectivity index (χ3v) is 3.64. The molecule has 96 valence electrons. The third-order valence-electron chi connectivity index (χ3n) is 3.20. The lowest BCUT2D eigenvalue weighted by Crippen LogP contribution is -2.22. The second-order valence-electron chi connectivity index (χ2n) is 4.59. The van der Waals surface area contributed by atoms with Crippen LogP contribution in [0, 0.1) is 5.92 Å². The average Bonchev–Trinajstić information content (AvgIpc) is 2.30. The van der Waals surface area contributed by atoms with Crippen molar-refractivity contribution in [2.75, 3.05) is 0 Å². The van der Waals surface area contributed by atoms with Crippen LogP contribution in [0.4, 0.5) is 0 Å². The SMILES string of the molecule is CCCCC(CC)C(O)Cc1cncc(Br)c1. The summed E-state index contributed by atoms with van der Waals surface area (Å²) in [4.78, 5) is 4.13. The summed E-state index contributed by atoms with van der Waals surface area (Å²) in [6.45, 7) is 4.35. The summed E-state index contributed by atoms with van der Waals surface area (Å²) < 4.78 is 0.976. The van der Waals surface area contributed by atoms with Gasteiger partial charge in [0.1, 0.15) is 0 Å². The Morgan fingerprint density at radius 1 is 1.35 bits per heavy atom. The number of aromatic nitrogens is 1. The van der Waals surface area contributed by atoms with Crippen molar-refractivity contribution in [2.24, 2.45) is 5.92 Å². The molecule has 0 aliphatic heterocycles. The smallest absolute Gasteiger partial charge is 0.0609 e. The predicted octanol–water partition coefficient (Wildman–Crippen LogP) is 3.96. The van der Waals surface area contributed by atoms with E-state index in [-0.39, 0.29) is 6.10 Å². The van der Waals surface area contributed by atoms with Gasteiger partial charge in [-0.25, -0.2) is 0 Å². The average molecular weight is 300 g/mol. The Bertz CT molecular complexity index is 330. The van der Waals surface area contributed by atoms with E-state index in [2.05, 4.69) is 34.8 Å². The minimum atomic E-state index is -0.248. The first-order valence-electron chi connectivity index (χ1n) is 6.44. The zero-order valence-corrected chi connectivity index (χ0v) is 12.3. The van der Waals surface area contributed by atoms with E-state index in [9.17, 15) is 5.11 Å². The van der Waals surface area contributed by atoms with E-state index in [0.717, 1.165) is 22.9 Å². The Morgan fingerprint density at radius 2 is 2.12 bits per heavy atom. The summed E-state index contributed by atoms with van der Waals surface area (Å²) in [5.74, 6) is 0.411. The van der Waals surface area contributed by atoms with E-state index >= 15 is 0 Å². The lowest BCUT2D eigenvalue weighted by atomic mass is 9.90. The monoisotopic (exact) mass is 299 g/mol. The zero-order chi connectivity index (χ0) is 12.7.